The first kappa shape index (κ1) is 14.5. The Hall–Kier alpha value is -0.920. The van der Waals surface area contributed by atoms with Crippen molar-refractivity contribution in [3.8, 4) is 0 Å². The van der Waals surface area contributed by atoms with E-state index < -0.39 is 10.0 Å². The number of sulfonamides is 1. The highest BCUT2D eigenvalue weighted by molar-refractivity contribution is 7.89. The van der Waals surface area contributed by atoms with Crippen LogP contribution in [0.15, 0.2) is 17.6 Å². The summed E-state index contributed by atoms with van der Waals surface area (Å²) < 4.78 is 28.9. The molecule has 0 spiro atoms. The number of aromatic nitrogens is 2. The smallest absolute Gasteiger partial charge is 0.259 e. The van der Waals surface area contributed by atoms with Crippen LogP contribution in [0.5, 0.6) is 0 Å². The number of hydrogen-bond acceptors (Lipinski definition) is 4. The van der Waals surface area contributed by atoms with Gasteiger partial charge in [0.15, 0.2) is 5.03 Å². The average molecular weight is 286 g/mol. The van der Waals surface area contributed by atoms with E-state index in [4.69, 9.17) is 5.73 Å². The summed E-state index contributed by atoms with van der Waals surface area (Å²) in [6.07, 6.45) is 7.49. The van der Waals surface area contributed by atoms with Crippen molar-refractivity contribution in [1.29, 1.82) is 0 Å². The van der Waals surface area contributed by atoms with Crippen molar-refractivity contribution in [2.75, 3.05) is 6.54 Å². The molecule has 0 amide bonds. The molecule has 108 valence electrons. The molecule has 1 aromatic heterocycles. The minimum Gasteiger partial charge on any atom is -0.336 e. The molecule has 1 heterocycles. The Balaban J connectivity index is 2.10. The summed E-state index contributed by atoms with van der Waals surface area (Å²) in [7, 11) is -3.56. The van der Waals surface area contributed by atoms with Gasteiger partial charge in [0, 0.05) is 25.3 Å². The molecule has 19 heavy (non-hydrogen) atoms. The van der Waals surface area contributed by atoms with Crippen LogP contribution in [0.3, 0.4) is 0 Å². The van der Waals surface area contributed by atoms with E-state index in [2.05, 4.69) is 9.71 Å². The van der Waals surface area contributed by atoms with E-state index in [1.165, 1.54) is 6.33 Å². The quantitative estimate of drug-likeness (QED) is 0.805. The number of nitrogens with two attached hydrogens (primary N) is 1. The normalized spacial score (nSPS) is 18.8. The fourth-order valence-electron chi connectivity index (χ4n) is 2.61. The van der Waals surface area contributed by atoms with Gasteiger partial charge in [-0.15, -0.1) is 0 Å². The molecule has 1 fully saturated rings. The fourth-order valence-corrected chi connectivity index (χ4v) is 3.88. The topological polar surface area (TPSA) is 90.0 Å². The SMILES string of the molecule is CCn1cnc(S(=O)(=O)NC(CN)C2CCCC2)c1. The molecule has 1 aliphatic carbocycles. The molecule has 1 unspecified atom stereocenters. The van der Waals surface area contributed by atoms with E-state index in [0.29, 0.717) is 19.0 Å². The Labute approximate surface area is 114 Å². The molecule has 3 N–H and O–H groups in total. The summed E-state index contributed by atoms with van der Waals surface area (Å²) in [5.74, 6) is 0.355. The van der Waals surface area contributed by atoms with E-state index in [0.717, 1.165) is 25.7 Å². The molecule has 6 nitrogen and oxygen atoms in total. The van der Waals surface area contributed by atoms with Gasteiger partial charge in [0.2, 0.25) is 0 Å². The third-order valence-electron chi connectivity index (χ3n) is 3.78. The molecule has 1 atom stereocenters. The Morgan fingerprint density at radius 1 is 1.53 bits per heavy atom. The molecule has 1 saturated carbocycles. The monoisotopic (exact) mass is 286 g/mol. The maximum absolute atomic E-state index is 12.2. The minimum absolute atomic E-state index is 0.0748. The fraction of sp³-hybridized carbons (Fsp3) is 0.750. The first-order valence-electron chi connectivity index (χ1n) is 6.81. The number of nitrogens with zero attached hydrogens (tertiary/aromatic N) is 2. The number of hydrogen-bond donors (Lipinski definition) is 2. The summed E-state index contributed by atoms with van der Waals surface area (Å²) >= 11 is 0. The highest BCUT2D eigenvalue weighted by atomic mass is 32.2. The van der Waals surface area contributed by atoms with Gasteiger partial charge in [0.05, 0.1) is 6.33 Å². The Morgan fingerprint density at radius 3 is 2.74 bits per heavy atom. The Bertz CT molecular complexity index is 506. The van der Waals surface area contributed by atoms with Gasteiger partial charge < -0.3 is 10.3 Å². The number of rotatable bonds is 6. The van der Waals surface area contributed by atoms with E-state index in [1.807, 2.05) is 6.92 Å². The standard InChI is InChI=1S/C12H22N4O2S/c1-2-16-8-12(14-9-16)19(17,18)15-11(7-13)10-5-3-4-6-10/h8-11,15H,2-7,13H2,1H3. The maximum atomic E-state index is 12.2. The van der Waals surface area contributed by atoms with Crippen LogP contribution in [0.2, 0.25) is 0 Å². The largest absolute Gasteiger partial charge is 0.336 e. The summed E-state index contributed by atoms with van der Waals surface area (Å²) in [6, 6.07) is -0.181. The van der Waals surface area contributed by atoms with Crippen molar-refractivity contribution in [3.05, 3.63) is 12.5 Å². The van der Waals surface area contributed by atoms with E-state index >= 15 is 0 Å². The number of nitrogens with one attached hydrogen (secondary N) is 1. The van der Waals surface area contributed by atoms with Gasteiger partial charge in [-0.2, -0.15) is 0 Å². The lowest BCUT2D eigenvalue weighted by Gasteiger charge is -2.22. The Morgan fingerprint density at radius 2 is 2.21 bits per heavy atom. The number of imidazole rings is 1. The van der Waals surface area contributed by atoms with Gasteiger partial charge in [0.25, 0.3) is 10.0 Å². The zero-order valence-corrected chi connectivity index (χ0v) is 12.1. The molecule has 1 aromatic rings. The molecule has 0 bridgehead atoms. The van der Waals surface area contributed by atoms with Gasteiger partial charge in [-0.05, 0) is 25.7 Å². The molecule has 0 saturated heterocycles. The highest BCUT2D eigenvalue weighted by Crippen LogP contribution is 2.28. The molecular formula is C12H22N4O2S. The van der Waals surface area contributed by atoms with Gasteiger partial charge in [0.1, 0.15) is 0 Å². The lowest BCUT2D eigenvalue weighted by atomic mass is 9.99. The van der Waals surface area contributed by atoms with E-state index in [-0.39, 0.29) is 11.1 Å². The molecule has 0 aromatic carbocycles. The van der Waals surface area contributed by atoms with Crippen molar-refractivity contribution in [3.63, 3.8) is 0 Å². The number of aryl methyl sites for hydroxylation is 1. The van der Waals surface area contributed by atoms with Crippen LogP contribution < -0.4 is 10.5 Å². The van der Waals surface area contributed by atoms with Crippen molar-refractivity contribution in [2.24, 2.45) is 11.7 Å². The Kier molecular flexibility index (Phi) is 4.59. The van der Waals surface area contributed by atoms with Crippen LogP contribution in [0.4, 0.5) is 0 Å². The molecule has 0 radical (unpaired) electrons. The van der Waals surface area contributed by atoms with Crippen LogP contribution in [0, 0.1) is 5.92 Å². The van der Waals surface area contributed by atoms with Crippen molar-refractivity contribution in [2.45, 2.75) is 50.2 Å². The molecule has 1 aliphatic rings. The first-order chi connectivity index (χ1) is 9.06. The van der Waals surface area contributed by atoms with Gasteiger partial charge in [-0.25, -0.2) is 18.1 Å². The zero-order chi connectivity index (χ0) is 13.9. The second-order valence-electron chi connectivity index (χ2n) is 5.05. The van der Waals surface area contributed by atoms with Crippen molar-refractivity contribution in [1.82, 2.24) is 14.3 Å². The predicted octanol–water partition coefficient (Wildman–Crippen LogP) is 0.699. The van der Waals surface area contributed by atoms with Crippen molar-refractivity contribution >= 4 is 10.0 Å². The second-order valence-corrected chi connectivity index (χ2v) is 6.71. The average Bonchev–Trinajstić information content (AvgIpc) is 3.06. The predicted molar refractivity (Wildman–Crippen MR) is 73.0 cm³/mol. The summed E-state index contributed by atoms with van der Waals surface area (Å²) in [5.41, 5.74) is 5.72. The molecular weight excluding hydrogens is 264 g/mol. The minimum atomic E-state index is -3.56. The molecule has 0 aliphatic heterocycles. The van der Waals surface area contributed by atoms with E-state index in [1.54, 1.807) is 10.8 Å². The van der Waals surface area contributed by atoms with Crippen LogP contribution >= 0.6 is 0 Å². The van der Waals surface area contributed by atoms with Gasteiger partial charge >= 0.3 is 0 Å². The van der Waals surface area contributed by atoms with E-state index in [9.17, 15) is 8.42 Å². The molecule has 7 heteroatoms. The van der Waals surface area contributed by atoms with Crippen LogP contribution in [0.1, 0.15) is 32.6 Å². The summed E-state index contributed by atoms with van der Waals surface area (Å²) in [5, 5.41) is 0.0748. The lowest BCUT2D eigenvalue weighted by Crippen LogP contribution is -2.44. The van der Waals surface area contributed by atoms with Crippen LogP contribution in [-0.2, 0) is 16.6 Å². The summed E-state index contributed by atoms with van der Waals surface area (Å²) in [4.78, 5) is 3.94. The van der Waals surface area contributed by atoms with Crippen molar-refractivity contribution < 1.29 is 8.42 Å². The third-order valence-corrected chi connectivity index (χ3v) is 5.15. The third kappa shape index (κ3) is 3.34. The summed E-state index contributed by atoms with van der Waals surface area (Å²) in [6.45, 7) is 2.97. The second kappa shape index (κ2) is 6.02. The maximum Gasteiger partial charge on any atom is 0.259 e. The van der Waals surface area contributed by atoms with Gasteiger partial charge in [-0.1, -0.05) is 12.8 Å². The first-order valence-corrected chi connectivity index (χ1v) is 8.29. The molecule has 2 rings (SSSR count). The van der Waals surface area contributed by atoms with Gasteiger partial charge in [-0.3, -0.25) is 0 Å². The highest BCUT2D eigenvalue weighted by Gasteiger charge is 2.29. The van der Waals surface area contributed by atoms with Crippen LogP contribution in [-0.4, -0.2) is 30.6 Å². The van der Waals surface area contributed by atoms with Crippen LogP contribution in [0.25, 0.3) is 0 Å². The zero-order valence-electron chi connectivity index (χ0n) is 11.2. The lowest BCUT2D eigenvalue weighted by molar-refractivity contribution is 0.405.